The van der Waals surface area contributed by atoms with E-state index >= 15 is 0 Å². The van der Waals surface area contributed by atoms with E-state index in [0.29, 0.717) is 25.2 Å². The summed E-state index contributed by atoms with van der Waals surface area (Å²) < 4.78 is 5.54. The SMILES string of the molecule is CCCC(C)COCC(NC1CC1)C(N)=O. The van der Waals surface area contributed by atoms with Gasteiger partial charge in [0.15, 0.2) is 0 Å². The number of primary amides is 1. The smallest absolute Gasteiger partial charge is 0.236 e. The summed E-state index contributed by atoms with van der Waals surface area (Å²) in [6.45, 7) is 5.44. The number of hydrogen-bond acceptors (Lipinski definition) is 3. The molecule has 0 heterocycles. The lowest BCUT2D eigenvalue weighted by Gasteiger charge is -2.17. The molecule has 0 aromatic rings. The van der Waals surface area contributed by atoms with Gasteiger partial charge in [0.2, 0.25) is 5.91 Å². The Morgan fingerprint density at radius 3 is 2.69 bits per heavy atom. The molecular weight excluding hydrogens is 204 g/mol. The maximum atomic E-state index is 11.1. The van der Waals surface area contributed by atoms with Gasteiger partial charge in [-0.3, -0.25) is 4.79 Å². The van der Waals surface area contributed by atoms with E-state index in [9.17, 15) is 4.79 Å². The van der Waals surface area contributed by atoms with Crippen LogP contribution in [-0.4, -0.2) is 31.2 Å². The molecule has 16 heavy (non-hydrogen) atoms. The van der Waals surface area contributed by atoms with Crippen LogP contribution in [0.4, 0.5) is 0 Å². The summed E-state index contributed by atoms with van der Waals surface area (Å²) in [6.07, 6.45) is 4.63. The van der Waals surface area contributed by atoms with E-state index < -0.39 is 0 Å². The van der Waals surface area contributed by atoms with Crippen LogP contribution in [0.25, 0.3) is 0 Å². The molecule has 1 fully saturated rings. The van der Waals surface area contributed by atoms with Crippen LogP contribution in [-0.2, 0) is 9.53 Å². The Labute approximate surface area is 97.9 Å². The minimum atomic E-state index is -0.318. The predicted molar refractivity (Wildman–Crippen MR) is 64.0 cm³/mol. The monoisotopic (exact) mass is 228 g/mol. The van der Waals surface area contributed by atoms with Gasteiger partial charge in [-0.2, -0.15) is 0 Å². The van der Waals surface area contributed by atoms with Gasteiger partial charge in [-0.1, -0.05) is 20.3 Å². The first kappa shape index (κ1) is 13.5. The molecule has 0 aromatic carbocycles. The number of amides is 1. The van der Waals surface area contributed by atoms with Crippen LogP contribution < -0.4 is 11.1 Å². The molecule has 0 radical (unpaired) electrons. The highest BCUT2D eigenvalue weighted by molar-refractivity contribution is 5.80. The van der Waals surface area contributed by atoms with Crippen molar-refractivity contribution in [3.05, 3.63) is 0 Å². The maximum Gasteiger partial charge on any atom is 0.236 e. The minimum Gasteiger partial charge on any atom is -0.379 e. The van der Waals surface area contributed by atoms with Crippen molar-refractivity contribution in [1.29, 1.82) is 0 Å². The second kappa shape index (κ2) is 6.86. The standard InChI is InChI=1S/C12H24N2O2/c1-3-4-9(2)7-16-8-11(12(13)15)14-10-5-6-10/h9-11,14H,3-8H2,1-2H3,(H2,13,15). The third-order valence-electron chi connectivity index (χ3n) is 2.83. The zero-order chi connectivity index (χ0) is 12.0. The Bertz CT molecular complexity index is 217. The quantitative estimate of drug-likeness (QED) is 0.620. The van der Waals surface area contributed by atoms with Gasteiger partial charge in [-0.25, -0.2) is 0 Å². The maximum absolute atomic E-state index is 11.1. The largest absolute Gasteiger partial charge is 0.379 e. The van der Waals surface area contributed by atoms with Gasteiger partial charge in [0.25, 0.3) is 0 Å². The first-order chi connectivity index (χ1) is 7.63. The lowest BCUT2D eigenvalue weighted by atomic mass is 10.1. The van der Waals surface area contributed by atoms with Crippen LogP contribution in [0.3, 0.4) is 0 Å². The molecule has 1 aliphatic rings. The summed E-state index contributed by atoms with van der Waals surface area (Å²) in [6, 6.07) is 0.162. The molecule has 0 bridgehead atoms. The normalized spacial score (nSPS) is 19.4. The van der Waals surface area contributed by atoms with Crippen molar-refractivity contribution in [3.8, 4) is 0 Å². The zero-order valence-electron chi connectivity index (χ0n) is 10.4. The van der Waals surface area contributed by atoms with Crippen LogP contribution in [0, 0.1) is 5.92 Å². The highest BCUT2D eigenvalue weighted by Gasteiger charge is 2.27. The Balaban J connectivity index is 2.13. The Kier molecular flexibility index (Phi) is 5.77. The zero-order valence-corrected chi connectivity index (χ0v) is 10.4. The molecule has 3 N–H and O–H groups in total. The molecule has 0 spiro atoms. The number of carbonyl (C=O) groups excluding carboxylic acids is 1. The minimum absolute atomic E-state index is 0.310. The summed E-state index contributed by atoms with van der Waals surface area (Å²) >= 11 is 0. The number of rotatable bonds is 9. The van der Waals surface area contributed by atoms with Crippen molar-refractivity contribution in [2.24, 2.45) is 11.7 Å². The fourth-order valence-electron chi connectivity index (χ4n) is 1.71. The van der Waals surface area contributed by atoms with Crippen LogP contribution in [0.2, 0.25) is 0 Å². The van der Waals surface area contributed by atoms with Crippen molar-refractivity contribution >= 4 is 5.91 Å². The lowest BCUT2D eigenvalue weighted by Crippen LogP contribution is -2.45. The molecule has 2 atom stereocenters. The lowest BCUT2D eigenvalue weighted by molar-refractivity contribution is -0.121. The summed E-state index contributed by atoms with van der Waals surface area (Å²) in [5, 5.41) is 3.20. The van der Waals surface area contributed by atoms with Gasteiger partial charge in [0.05, 0.1) is 6.61 Å². The highest BCUT2D eigenvalue weighted by Crippen LogP contribution is 2.19. The average molecular weight is 228 g/mol. The van der Waals surface area contributed by atoms with Gasteiger partial charge in [-0.05, 0) is 25.2 Å². The van der Waals surface area contributed by atoms with Crippen LogP contribution in [0.5, 0.6) is 0 Å². The molecule has 1 aliphatic carbocycles. The van der Waals surface area contributed by atoms with E-state index in [-0.39, 0.29) is 11.9 Å². The number of ether oxygens (including phenoxy) is 1. The van der Waals surface area contributed by atoms with E-state index in [0.717, 1.165) is 19.3 Å². The van der Waals surface area contributed by atoms with Crippen molar-refractivity contribution in [3.63, 3.8) is 0 Å². The molecule has 2 unspecified atom stereocenters. The number of nitrogens with two attached hydrogens (primary N) is 1. The predicted octanol–water partition coefficient (Wildman–Crippen LogP) is 1.05. The molecule has 1 amide bonds. The Hall–Kier alpha value is -0.610. The Morgan fingerprint density at radius 1 is 1.50 bits per heavy atom. The molecular formula is C12H24N2O2. The van der Waals surface area contributed by atoms with Crippen LogP contribution in [0.1, 0.15) is 39.5 Å². The molecule has 0 aromatic heterocycles. The van der Waals surface area contributed by atoms with E-state index in [1.165, 1.54) is 6.42 Å². The van der Waals surface area contributed by atoms with Crippen molar-refractivity contribution in [2.75, 3.05) is 13.2 Å². The summed E-state index contributed by atoms with van der Waals surface area (Å²) in [5.74, 6) is 0.245. The average Bonchev–Trinajstić information content (AvgIpc) is 3.00. The number of nitrogens with one attached hydrogen (secondary N) is 1. The van der Waals surface area contributed by atoms with Crippen LogP contribution >= 0.6 is 0 Å². The van der Waals surface area contributed by atoms with Gasteiger partial charge in [-0.15, -0.1) is 0 Å². The van der Waals surface area contributed by atoms with Crippen LogP contribution in [0.15, 0.2) is 0 Å². The summed E-state index contributed by atoms with van der Waals surface area (Å²) in [7, 11) is 0. The number of hydrogen-bond donors (Lipinski definition) is 2. The van der Waals surface area contributed by atoms with E-state index in [1.54, 1.807) is 0 Å². The molecule has 4 heteroatoms. The summed E-state index contributed by atoms with van der Waals surface area (Å²) in [4.78, 5) is 11.1. The fraction of sp³-hybridized carbons (Fsp3) is 0.917. The van der Waals surface area contributed by atoms with E-state index in [4.69, 9.17) is 10.5 Å². The van der Waals surface area contributed by atoms with Gasteiger partial charge in [0, 0.05) is 12.6 Å². The Morgan fingerprint density at radius 2 is 2.19 bits per heavy atom. The second-order valence-electron chi connectivity index (χ2n) is 4.83. The second-order valence-corrected chi connectivity index (χ2v) is 4.83. The summed E-state index contributed by atoms with van der Waals surface area (Å²) in [5.41, 5.74) is 5.31. The third kappa shape index (κ3) is 5.47. The fourth-order valence-corrected chi connectivity index (χ4v) is 1.71. The van der Waals surface area contributed by atoms with E-state index in [2.05, 4.69) is 19.2 Å². The topological polar surface area (TPSA) is 64.3 Å². The molecule has 94 valence electrons. The number of carbonyl (C=O) groups is 1. The highest BCUT2D eigenvalue weighted by atomic mass is 16.5. The molecule has 4 nitrogen and oxygen atoms in total. The van der Waals surface area contributed by atoms with Crippen molar-refractivity contribution in [1.82, 2.24) is 5.32 Å². The molecule has 0 saturated heterocycles. The van der Waals surface area contributed by atoms with Gasteiger partial charge < -0.3 is 15.8 Å². The van der Waals surface area contributed by atoms with Gasteiger partial charge >= 0.3 is 0 Å². The molecule has 1 saturated carbocycles. The van der Waals surface area contributed by atoms with Crippen molar-refractivity contribution in [2.45, 2.75) is 51.6 Å². The van der Waals surface area contributed by atoms with Gasteiger partial charge in [0.1, 0.15) is 6.04 Å². The van der Waals surface area contributed by atoms with E-state index in [1.807, 2.05) is 0 Å². The third-order valence-corrected chi connectivity index (χ3v) is 2.83. The van der Waals surface area contributed by atoms with Crippen molar-refractivity contribution < 1.29 is 9.53 Å². The first-order valence-corrected chi connectivity index (χ1v) is 6.26. The first-order valence-electron chi connectivity index (χ1n) is 6.26. The molecule has 0 aliphatic heterocycles. The molecule has 1 rings (SSSR count).